The SMILES string of the molecule is CCOC(=O)C1(C)CCCCN1C(=O)c1cccc(Cl)c1. The van der Waals surface area contributed by atoms with Gasteiger partial charge >= 0.3 is 5.97 Å². The van der Waals surface area contributed by atoms with Crippen molar-refractivity contribution in [3.8, 4) is 0 Å². The van der Waals surface area contributed by atoms with E-state index in [9.17, 15) is 9.59 Å². The average molecular weight is 310 g/mol. The van der Waals surface area contributed by atoms with Crippen molar-refractivity contribution < 1.29 is 14.3 Å². The second kappa shape index (κ2) is 6.48. The summed E-state index contributed by atoms with van der Waals surface area (Å²) < 4.78 is 5.17. The van der Waals surface area contributed by atoms with Gasteiger partial charge in [-0.15, -0.1) is 0 Å². The zero-order valence-electron chi connectivity index (χ0n) is 12.4. The Bertz CT molecular complexity index is 546. The first-order valence-electron chi connectivity index (χ1n) is 7.24. The summed E-state index contributed by atoms with van der Waals surface area (Å²) >= 11 is 5.95. The molecule has 1 aromatic rings. The van der Waals surface area contributed by atoms with Crippen LogP contribution in [0.15, 0.2) is 24.3 Å². The standard InChI is InChI=1S/C16H20ClNO3/c1-3-21-15(20)16(2)9-4-5-10-18(16)14(19)12-7-6-8-13(17)11-12/h6-8,11H,3-5,9-10H2,1-2H3. The molecule has 1 heterocycles. The number of halogens is 1. The summed E-state index contributed by atoms with van der Waals surface area (Å²) in [7, 11) is 0. The van der Waals surface area contributed by atoms with Crippen LogP contribution in [0, 0.1) is 0 Å². The molecule has 1 unspecified atom stereocenters. The van der Waals surface area contributed by atoms with Gasteiger partial charge in [0, 0.05) is 17.1 Å². The molecule has 0 bridgehead atoms. The number of amides is 1. The van der Waals surface area contributed by atoms with Gasteiger partial charge in [0.2, 0.25) is 0 Å². The summed E-state index contributed by atoms with van der Waals surface area (Å²) in [6.45, 7) is 4.42. The summed E-state index contributed by atoms with van der Waals surface area (Å²) in [5.74, 6) is -0.507. The Morgan fingerprint density at radius 1 is 1.38 bits per heavy atom. The summed E-state index contributed by atoms with van der Waals surface area (Å²) in [6.07, 6.45) is 2.42. The minimum absolute atomic E-state index is 0.173. The Labute approximate surface area is 130 Å². The van der Waals surface area contributed by atoms with Gasteiger partial charge in [-0.05, 0) is 51.3 Å². The largest absolute Gasteiger partial charge is 0.464 e. The van der Waals surface area contributed by atoms with E-state index in [-0.39, 0.29) is 11.9 Å². The molecule has 2 rings (SSSR count). The first kappa shape index (κ1) is 15.8. The van der Waals surface area contributed by atoms with E-state index in [0.717, 1.165) is 12.8 Å². The van der Waals surface area contributed by atoms with Crippen LogP contribution in [-0.4, -0.2) is 35.5 Å². The summed E-state index contributed by atoms with van der Waals surface area (Å²) in [5, 5.41) is 0.510. The molecule has 21 heavy (non-hydrogen) atoms. The maximum absolute atomic E-state index is 12.7. The summed E-state index contributed by atoms with van der Waals surface area (Å²) in [5.41, 5.74) is -0.395. The molecule has 1 aliphatic rings. The van der Waals surface area contributed by atoms with Gasteiger partial charge in [-0.25, -0.2) is 4.79 Å². The number of likely N-dealkylation sites (tertiary alicyclic amines) is 1. The maximum Gasteiger partial charge on any atom is 0.331 e. The molecule has 1 aliphatic heterocycles. The van der Waals surface area contributed by atoms with Gasteiger partial charge < -0.3 is 9.64 Å². The molecule has 1 fully saturated rings. The van der Waals surface area contributed by atoms with Crippen molar-refractivity contribution >= 4 is 23.5 Å². The van der Waals surface area contributed by atoms with Crippen LogP contribution in [0.1, 0.15) is 43.5 Å². The molecule has 1 amide bonds. The van der Waals surface area contributed by atoms with Crippen LogP contribution in [-0.2, 0) is 9.53 Å². The van der Waals surface area contributed by atoms with E-state index < -0.39 is 5.54 Å². The van der Waals surface area contributed by atoms with E-state index in [1.54, 1.807) is 43.0 Å². The first-order valence-corrected chi connectivity index (χ1v) is 7.61. The highest BCUT2D eigenvalue weighted by atomic mass is 35.5. The zero-order chi connectivity index (χ0) is 15.5. The molecule has 114 valence electrons. The molecular formula is C16H20ClNO3. The van der Waals surface area contributed by atoms with E-state index in [4.69, 9.17) is 16.3 Å². The molecule has 0 saturated carbocycles. The van der Waals surface area contributed by atoms with Gasteiger partial charge in [0.25, 0.3) is 5.91 Å². The van der Waals surface area contributed by atoms with Gasteiger partial charge in [0.1, 0.15) is 5.54 Å². The van der Waals surface area contributed by atoms with Crippen LogP contribution in [0.25, 0.3) is 0 Å². The van der Waals surface area contributed by atoms with Gasteiger partial charge in [-0.3, -0.25) is 4.79 Å². The fraction of sp³-hybridized carbons (Fsp3) is 0.500. The van der Waals surface area contributed by atoms with E-state index in [1.165, 1.54) is 0 Å². The molecule has 1 aromatic carbocycles. The van der Waals surface area contributed by atoms with Crippen molar-refractivity contribution in [2.75, 3.05) is 13.2 Å². The number of piperidine rings is 1. The highest BCUT2D eigenvalue weighted by Crippen LogP contribution is 2.31. The summed E-state index contributed by atoms with van der Waals surface area (Å²) in [4.78, 5) is 26.7. The summed E-state index contributed by atoms with van der Waals surface area (Å²) in [6, 6.07) is 6.80. The number of benzene rings is 1. The van der Waals surface area contributed by atoms with Gasteiger partial charge in [-0.2, -0.15) is 0 Å². The maximum atomic E-state index is 12.7. The molecule has 1 saturated heterocycles. The van der Waals surface area contributed by atoms with Crippen molar-refractivity contribution in [3.05, 3.63) is 34.9 Å². The Morgan fingerprint density at radius 2 is 2.14 bits per heavy atom. The van der Waals surface area contributed by atoms with Crippen molar-refractivity contribution in [2.45, 2.75) is 38.6 Å². The van der Waals surface area contributed by atoms with Crippen LogP contribution in [0.3, 0.4) is 0 Å². The number of carbonyl (C=O) groups excluding carboxylic acids is 2. The minimum atomic E-state index is -0.895. The molecule has 1 atom stereocenters. The second-order valence-corrected chi connectivity index (χ2v) is 5.86. The van der Waals surface area contributed by atoms with E-state index >= 15 is 0 Å². The molecule has 4 nitrogen and oxygen atoms in total. The monoisotopic (exact) mass is 309 g/mol. The van der Waals surface area contributed by atoms with Crippen molar-refractivity contribution in [1.29, 1.82) is 0 Å². The quantitative estimate of drug-likeness (QED) is 0.805. The third-order valence-corrected chi connectivity index (χ3v) is 4.16. The number of hydrogen-bond donors (Lipinski definition) is 0. The fourth-order valence-corrected chi connectivity index (χ4v) is 2.91. The molecule has 0 aromatic heterocycles. The average Bonchev–Trinajstić information content (AvgIpc) is 2.47. The van der Waals surface area contributed by atoms with Crippen LogP contribution in [0.4, 0.5) is 0 Å². The van der Waals surface area contributed by atoms with Crippen LogP contribution < -0.4 is 0 Å². The van der Waals surface area contributed by atoms with Gasteiger partial charge in [-0.1, -0.05) is 17.7 Å². The Morgan fingerprint density at radius 3 is 2.81 bits per heavy atom. The number of ether oxygens (including phenoxy) is 1. The number of hydrogen-bond acceptors (Lipinski definition) is 3. The van der Waals surface area contributed by atoms with Crippen molar-refractivity contribution in [2.24, 2.45) is 0 Å². The Kier molecular flexibility index (Phi) is 4.88. The molecule has 0 radical (unpaired) electrons. The van der Waals surface area contributed by atoms with E-state index in [0.29, 0.717) is 30.2 Å². The number of carbonyl (C=O) groups is 2. The number of rotatable bonds is 3. The van der Waals surface area contributed by atoms with Crippen molar-refractivity contribution in [1.82, 2.24) is 4.90 Å². The highest BCUT2D eigenvalue weighted by molar-refractivity contribution is 6.31. The lowest BCUT2D eigenvalue weighted by Gasteiger charge is -2.42. The van der Waals surface area contributed by atoms with E-state index in [2.05, 4.69) is 0 Å². The lowest BCUT2D eigenvalue weighted by molar-refractivity contribution is -0.157. The molecular weight excluding hydrogens is 290 g/mol. The molecule has 5 heteroatoms. The molecule has 0 spiro atoms. The number of esters is 1. The normalized spacial score (nSPS) is 22.0. The second-order valence-electron chi connectivity index (χ2n) is 5.42. The smallest absolute Gasteiger partial charge is 0.331 e. The van der Waals surface area contributed by atoms with Crippen molar-refractivity contribution in [3.63, 3.8) is 0 Å². The third-order valence-electron chi connectivity index (χ3n) is 3.92. The minimum Gasteiger partial charge on any atom is -0.464 e. The predicted molar refractivity (Wildman–Crippen MR) is 81.4 cm³/mol. The fourth-order valence-electron chi connectivity index (χ4n) is 2.72. The lowest BCUT2D eigenvalue weighted by atomic mass is 9.87. The molecule has 0 aliphatic carbocycles. The molecule has 0 N–H and O–H groups in total. The van der Waals surface area contributed by atoms with Crippen LogP contribution in [0.5, 0.6) is 0 Å². The van der Waals surface area contributed by atoms with E-state index in [1.807, 2.05) is 0 Å². The van der Waals surface area contributed by atoms with Crippen LogP contribution in [0.2, 0.25) is 5.02 Å². The van der Waals surface area contributed by atoms with Crippen LogP contribution >= 0.6 is 11.6 Å². The third kappa shape index (κ3) is 3.21. The van der Waals surface area contributed by atoms with Gasteiger partial charge in [0.05, 0.1) is 6.61 Å². The predicted octanol–water partition coefficient (Wildman–Crippen LogP) is 3.29. The highest BCUT2D eigenvalue weighted by Gasteiger charge is 2.45. The van der Waals surface area contributed by atoms with Gasteiger partial charge in [0.15, 0.2) is 0 Å². The Balaban J connectivity index is 2.30. The number of nitrogens with zero attached hydrogens (tertiary/aromatic N) is 1. The zero-order valence-corrected chi connectivity index (χ0v) is 13.2. The topological polar surface area (TPSA) is 46.6 Å². The first-order chi connectivity index (χ1) is 9.99. The Hall–Kier alpha value is -1.55. The lowest BCUT2D eigenvalue weighted by Crippen LogP contribution is -2.58.